The highest BCUT2D eigenvalue weighted by molar-refractivity contribution is 5.55. The number of nitrogens with zero attached hydrogens (tertiary/aromatic N) is 1. The van der Waals surface area contributed by atoms with Crippen molar-refractivity contribution in [1.29, 1.82) is 0 Å². The normalized spacial score (nSPS) is 11.8. The van der Waals surface area contributed by atoms with Crippen LogP contribution < -0.4 is 0 Å². The Morgan fingerprint density at radius 1 is 1.12 bits per heavy atom. The Labute approximate surface area is 90.1 Å². The Morgan fingerprint density at radius 3 is 2.19 bits per heavy atom. The summed E-state index contributed by atoms with van der Waals surface area (Å²) in [6.07, 6.45) is -2.66. The number of rotatable bonds is 1. The average Bonchev–Trinajstić information content (AvgIpc) is 2.64. The molecule has 84 valence electrons. The zero-order valence-electron chi connectivity index (χ0n) is 8.47. The molecule has 16 heavy (non-hydrogen) atoms. The van der Waals surface area contributed by atoms with Crippen LogP contribution in [0, 0.1) is 6.92 Å². The lowest BCUT2D eigenvalue weighted by atomic mass is 10.1. The fraction of sp³-hybridized carbons (Fsp3) is 0.182. The van der Waals surface area contributed by atoms with Gasteiger partial charge >= 0.3 is 6.18 Å². The molecule has 0 fully saturated rings. The lowest BCUT2D eigenvalue weighted by Crippen LogP contribution is -2.04. The maximum absolute atomic E-state index is 12.3. The summed E-state index contributed by atoms with van der Waals surface area (Å²) in [7, 11) is 0. The van der Waals surface area contributed by atoms with Gasteiger partial charge in [0.2, 0.25) is 0 Å². The van der Waals surface area contributed by atoms with E-state index in [0.29, 0.717) is 11.4 Å². The zero-order chi connectivity index (χ0) is 11.8. The molecule has 2 rings (SSSR count). The molecule has 0 saturated carbocycles. The van der Waals surface area contributed by atoms with E-state index in [1.54, 1.807) is 6.20 Å². The van der Waals surface area contributed by atoms with E-state index >= 15 is 0 Å². The number of imidazole rings is 1. The molecule has 0 bridgehead atoms. The molecule has 0 aliphatic heterocycles. The van der Waals surface area contributed by atoms with Crippen LogP contribution >= 0.6 is 0 Å². The third-order valence-corrected chi connectivity index (χ3v) is 2.19. The number of hydrogen-bond donors (Lipinski definition) is 1. The highest BCUT2D eigenvalue weighted by Crippen LogP contribution is 2.30. The quantitative estimate of drug-likeness (QED) is 0.793. The summed E-state index contributed by atoms with van der Waals surface area (Å²) in [5, 5.41) is 0. The van der Waals surface area contributed by atoms with E-state index in [-0.39, 0.29) is 0 Å². The first-order valence-electron chi connectivity index (χ1n) is 4.66. The van der Waals surface area contributed by atoms with Crippen molar-refractivity contribution in [2.45, 2.75) is 13.1 Å². The van der Waals surface area contributed by atoms with E-state index in [1.807, 2.05) is 6.92 Å². The topological polar surface area (TPSA) is 28.7 Å². The predicted molar refractivity (Wildman–Crippen MR) is 53.8 cm³/mol. The van der Waals surface area contributed by atoms with Crippen LogP contribution in [0.5, 0.6) is 0 Å². The Morgan fingerprint density at radius 2 is 1.75 bits per heavy atom. The molecular formula is C11H9F3N2. The molecule has 0 radical (unpaired) electrons. The smallest absolute Gasteiger partial charge is 0.342 e. The Kier molecular flexibility index (Phi) is 2.46. The third kappa shape index (κ3) is 2.08. The molecule has 0 saturated heterocycles. The van der Waals surface area contributed by atoms with E-state index in [9.17, 15) is 13.2 Å². The van der Waals surface area contributed by atoms with Gasteiger partial charge in [-0.15, -0.1) is 0 Å². The number of H-pyrrole nitrogens is 1. The first kappa shape index (κ1) is 10.7. The molecule has 0 aliphatic carbocycles. The van der Waals surface area contributed by atoms with E-state index < -0.39 is 11.7 Å². The van der Waals surface area contributed by atoms with Gasteiger partial charge in [0, 0.05) is 17.5 Å². The van der Waals surface area contributed by atoms with Gasteiger partial charge in [-0.3, -0.25) is 0 Å². The van der Waals surface area contributed by atoms with E-state index in [1.165, 1.54) is 12.1 Å². The Balaban J connectivity index is 2.33. The molecule has 1 N–H and O–H groups in total. The van der Waals surface area contributed by atoms with Crippen LogP contribution in [0.15, 0.2) is 30.5 Å². The molecular weight excluding hydrogens is 217 g/mol. The molecule has 0 aliphatic rings. The molecule has 0 atom stereocenters. The van der Waals surface area contributed by atoms with Gasteiger partial charge in [0.15, 0.2) is 0 Å². The van der Waals surface area contributed by atoms with Crippen molar-refractivity contribution in [3.05, 3.63) is 41.7 Å². The SMILES string of the molecule is Cc1cnc(-c2ccc(C(F)(F)F)cc2)[nH]1. The van der Waals surface area contributed by atoms with E-state index in [4.69, 9.17) is 0 Å². The van der Waals surface area contributed by atoms with Crippen molar-refractivity contribution in [2.24, 2.45) is 0 Å². The summed E-state index contributed by atoms with van der Waals surface area (Å²) in [5.74, 6) is 0.575. The second kappa shape index (κ2) is 3.66. The highest BCUT2D eigenvalue weighted by atomic mass is 19.4. The van der Waals surface area contributed by atoms with Crippen molar-refractivity contribution < 1.29 is 13.2 Å². The van der Waals surface area contributed by atoms with Crippen molar-refractivity contribution in [1.82, 2.24) is 9.97 Å². The Bertz CT molecular complexity index is 483. The molecule has 0 amide bonds. The first-order valence-corrected chi connectivity index (χ1v) is 4.66. The van der Waals surface area contributed by atoms with Crippen LogP contribution in [-0.2, 0) is 6.18 Å². The van der Waals surface area contributed by atoms with Crippen LogP contribution in [0.3, 0.4) is 0 Å². The van der Waals surface area contributed by atoms with Gasteiger partial charge in [0.05, 0.1) is 5.56 Å². The average molecular weight is 226 g/mol. The first-order chi connectivity index (χ1) is 7.47. The molecule has 2 aromatic rings. The van der Waals surface area contributed by atoms with Gasteiger partial charge in [-0.25, -0.2) is 4.98 Å². The Hall–Kier alpha value is -1.78. The summed E-state index contributed by atoms with van der Waals surface area (Å²) in [4.78, 5) is 7.00. The number of alkyl halides is 3. The second-order valence-electron chi connectivity index (χ2n) is 3.49. The number of aryl methyl sites for hydroxylation is 1. The molecule has 1 aromatic carbocycles. The van der Waals surface area contributed by atoms with Crippen molar-refractivity contribution in [3.63, 3.8) is 0 Å². The summed E-state index contributed by atoms with van der Waals surface area (Å²) < 4.78 is 36.9. The second-order valence-corrected chi connectivity index (χ2v) is 3.49. The predicted octanol–water partition coefficient (Wildman–Crippen LogP) is 3.40. The molecule has 0 spiro atoms. The molecule has 1 heterocycles. The van der Waals surface area contributed by atoms with Crippen molar-refractivity contribution in [3.8, 4) is 11.4 Å². The largest absolute Gasteiger partial charge is 0.416 e. The molecule has 0 unspecified atom stereocenters. The maximum Gasteiger partial charge on any atom is 0.416 e. The summed E-state index contributed by atoms with van der Waals surface area (Å²) in [6, 6.07) is 4.91. The van der Waals surface area contributed by atoms with Gasteiger partial charge in [0.1, 0.15) is 5.82 Å². The van der Waals surface area contributed by atoms with Gasteiger partial charge in [0.25, 0.3) is 0 Å². The van der Waals surface area contributed by atoms with Crippen LogP contribution in [0.1, 0.15) is 11.3 Å². The third-order valence-electron chi connectivity index (χ3n) is 2.19. The van der Waals surface area contributed by atoms with Gasteiger partial charge in [-0.05, 0) is 19.1 Å². The molecule has 1 aromatic heterocycles. The fourth-order valence-corrected chi connectivity index (χ4v) is 1.38. The lowest BCUT2D eigenvalue weighted by molar-refractivity contribution is -0.137. The van der Waals surface area contributed by atoms with E-state index in [2.05, 4.69) is 9.97 Å². The number of halogens is 3. The lowest BCUT2D eigenvalue weighted by Gasteiger charge is -2.06. The van der Waals surface area contributed by atoms with Gasteiger partial charge < -0.3 is 4.98 Å². The summed E-state index contributed by atoms with van der Waals surface area (Å²) >= 11 is 0. The van der Waals surface area contributed by atoms with Crippen molar-refractivity contribution >= 4 is 0 Å². The fourth-order valence-electron chi connectivity index (χ4n) is 1.38. The molecule has 2 nitrogen and oxygen atoms in total. The van der Waals surface area contributed by atoms with Gasteiger partial charge in [-0.2, -0.15) is 13.2 Å². The van der Waals surface area contributed by atoms with Crippen molar-refractivity contribution in [2.75, 3.05) is 0 Å². The highest BCUT2D eigenvalue weighted by Gasteiger charge is 2.29. The summed E-state index contributed by atoms with van der Waals surface area (Å²) in [6.45, 7) is 1.83. The van der Waals surface area contributed by atoms with E-state index in [0.717, 1.165) is 17.8 Å². The van der Waals surface area contributed by atoms with Crippen LogP contribution in [0.25, 0.3) is 11.4 Å². The number of aromatic nitrogens is 2. The summed E-state index contributed by atoms with van der Waals surface area (Å²) in [5.41, 5.74) is 0.857. The number of benzene rings is 1. The minimum atomic E-state index is -4.29. The van der Waals surface area contributed by atoms with Crippen LogP contribution in [0.2, 0.25) is 0 Å². The minimum Gasteiger partial charge on any atom is -0.342 e. The number of hydrogen-bond acceptors (Lipinski definition) is 1. The van der Waals surface area contributed by atoms with Crippen LogP contribution in [-0.4, -0.2) is 9.97 Å². The molecule has 5 heteroatoms. The standard InChI is InChI=1S/C11H9F3N2/c1-7-6-15-10(16-7)8-2-4-9(5-3-8)11(12,13)14/h2-6H,1H3,(H,15,16). The maximum atomic E-state index is 12.3. The monoisotopic (exact) mass is 226 g/mol. The number of aromatic amines is 1. The van der Waals surface area contributed by atoms with Crippen LogP contribution in [0.4, 0.5) is 13.2 Å². The van der Waals surface area contributed by atoms with Gasteiger partial charge in [-0.1, -0.05) is 12.1 Å². The number of nitrogens with one attached hydrogen (secondary N) is 1. The minimum absolute atomic E-state index is 0.575. The zero-order valence-corrected chi connectivity index (χ0v) is 8.47.